The van der Waals surface area contributed by atoms with Crippen molar-refractivity contribution in [2.45, 2.75) is 23.8 Å². The molecule has 1 aliphatic heterocycles. The van der Waals surface area contributed by atoms with Crippen LogP contribution in [0, 0.1) is 11.3 Å². The predicted molar refractivity (Wildman–Crippen MR) is 72.1 cm³/mol. The van der Waals surface area contributed by atoms with Crippen LogP contribution in [0.25, 0.3) is 0 Å². The van der Waals surface area contributed by atoms with E-state index in [-0.39, 0.29) is 16.0 Å². The molecule has 7 heteroatoms. The summed E-state index contributed by atoms with van der Waals surface area (Å²) in [5.41, 5.74) is 5.93. The highest BCUT2D eigenvalue weighted by atomic mass is 35.5. The first-order valence-corrected chi connectivity index (χ1v) is 7.74. The number of benzene rings is 1. The van der Waals surface area contributed by atoms with Gasteiger partial charge >= 0.3 is 0 Å². The summed E-state index contributed by atoms with van der Waals surface area (Å²) in [6.07, 6.45) is 1.57. The molecule has 0 radical (unpaired) electrons. The molecule has 1 aromatic rings. The van der Waals surface area contributed by atoms with Crippen LogP contribution in [0.2, 0.25) is 5.02 Å². The van der Waals surface area contributed by atoms with Crippen LogP contribution in [0.5, 0.6) is 0 Å². The van der Waals surface area contributed by atoms with Gasteiger partial charge in [0, 0.05) is 19.1 Å². The normalized spacial score (nSPS) is 20.4. The highest BCUT2D eigenvalue weighted by Gasteiger charge is 2.35. The second kappa shape index (κ2) is 5.47. The third-order valence-electron chi connectivity index (χ3n) is 3.24. The smallest absolute Gasteiger partial charge is 0.244 e. The molecule has 2 rings (SSSR count). The van der Waals surface area contributed by atoms with Gasteiger partial charge in [0.1, 0.15) is 4.90 Å². The molecule has 1 saturated heterocycles. The highest BCUT2D eigenvalue weighted by molar-refractivity contribution is 7.89. The molecular weight excluding hydrogens is 286 g/mol. The Balaban J connectivity index is 2.43. The predicted octanol–water partition coefficient (Wildman–Crippen LogP) is 1.32. The van der Waals surface area contributed by atoms with Crippen molar-refractivity contribution in [3.63, 3.8) is 0 Å². The van der Waals surface area contributed by atoms with Crippen molar-refractivity contribution in [2.24, 2.45) is 5.73 Å². The molecule has 1 aliphatic rings. The maximum absolute atomic E-state index is 12.5. The Morgan fingerprint density at radius 3 is 2.84 bits per heavy atom. The summed E-state index contributed by atoms with van der Waals surface area (Å²) in [6.45, 7) is 0.758. The number of rotatable bonds is 3. The van der Waals surface area contributed by atoms with Crippen molar-refractivity contribution in [1.82, 2.24) is 4.31 Å². The molecule has 1 unspecified atom stereocenters. The van der Waals surface area contributed by atoms with Crippen LogP contribution in [0.4, 0.5) is 0 Å². The molecule has 0 spiro atoms. The zero-order valence-corrected chi connectivity index (χ0v) is 11.8. The number of hydrogen-bond donors (Lipinski definition) is 1. The van der Waals surface area contributed by atoms with Crippen LogP contribution in [-0.4, -0.2) is 31.9 Å². The van der Waals surface area contributed by atoms with Crippen molar-refractivity contribution in [3.05, 3.63) is 28.8 Å². The lowest BCUT2D eigenvalue weighted by atomic mass is 10.2. The van der Waals surface area contributed by atoms with E-state index in [1.165, 1.54) is 22.5 Å². The van der Waals surface area contributed by atoms with Crippen molar-refractivity contribution in [1.29, 1.82) is 5.26 Å². The molecule has 0 aliphatic carbocycles. The third-order valence-corrected chi connectivity index (χ3v) is 5.68. The fourth-order valence-corrected chi connectivity index (χ4v) is 4.49. The van der Waals surface area contributed by atoms with Crippen molar-refractivity contribution < 1.29 is 8.42 Å². The fourth-order valence-electron chi connectivity index (χ4n) is 2.27. The van der Waals surface area contributed by atoms with Crippen LogP contribution >= 0.6 is 11.6 Å². The average molecular weight is 300 g/mol. The quantitative estimate of drug-likeness (QED) is 0.912. The SMILES string of the molecule is N#Cc1ccc(S(=O)(=O)N2CCCC2CN)c(Cl)c1. The lowest BCUT2D eigenvalue weighted by Gasteiger charge is -2.23. The van der Waals surface area contributed by atoms with Crippen LogP contribution in [0.3, 0.4) is 0 Å². The van der Waals surface area contributed by atoms with E-state index in [9.17, 15) is 8.42 Å². The van der Waals surface area contributed by atoms with Gasteiger partial charge < -0.3 is 5.73 Å². The Morgan fingerprint density at radius 1 is 1.53 bits per heavy atom. The summed E-state index contributed by atoms with van der Waals surface area (Å²) in [5.74, 6) is 0. The van der Waals surface area contributed by atoms with Gasteiger partial charge in [0.05, 0.1) is 16.7 Å². The number of sulfonamides is 1. The van der Waals surface area contributed by atoms with Crippen molar-refractivity contribution >= 4 is 21.6 Å². The summed E-state index contributed by atoms with van der Waals surface area (Å²) in [7, 11) is -3.64. The number of nitrogens with zero attached hydrogens (tertiary/aromatic N) is 2. The zero-order chi connectivity index (χ0) is 14.0. The van der Waals surface area contributed by atoms with Crippen LogP contribution in [-0.2, 0) is 10.0 Å². The molecule has 0 bridgehead atoms. The number of nitrogens with two attached hydrogens (primary N) is 1. The molecule has 0 saturated carbocycles. The van der Waals surface area contributed by atoms with Crippen LogP contribution in [0.1, 0.15) is 18.4 Å². The number of hydrogen-bond acceptors (Lipinski definition) is 4. The minimum absolute atomic E-state index is 0.0357. The zero-order valence-electron chi connectivity index (χ0n) is 10.2. The van der Waals surface area contributed by atoms with E-state index in [4.69, 9.17) is 22.6 Å². The van der Waals surface area contributed by atoms with Crippen LogP contribution in [0.15, 0.2) is 23.1 Å². The monoisotopic (exact) mass is 299 g/mol. The molecule has 1 fully saturated rings. The molecule has 5 nitrogen and oxygen atoms in total. The van der Waals surface area contributed by atoms with Crippen molar-refractivity contribution in [2.75, 3.05) is 13.1 Å². The van der Waals surface area contributed by atoms with Crippen LogP contribution < -0.4 is 5.73 Å². The molecule has 1 heterocycles. The van der Waals surface area contributed by atoms with E-state index >= 15 is 0 Å². The van der Waals surface area contributed by atoms with Gasteiger partial charge in [-0.25, -0.2) is 8.42 Å². The summed E-state index contributed by atoms with van der Waals surface area (Å²) in [6, 6.07) is 5.94. The summed E-state index contributed by atoms with van der Waals surface area (Å²) in [5, 5.41) is 8.83. The first-order chi connectivity index (χ1) is 9.00. The first kappa shape index (κ1) is 14.3. The molecular formula is C12H14ClN3O2S. The Bertz CT molecular complexity index is 624. The van der Waals surface area contributed by atoms with Gasteiger partial charge in [-0.2, -0.15) is 9.57 Å². The maximum atomic E-state index is 12.5. The molecule has 1 aromatic carbocycles. The van der Waals surface area contributed by atoms with E-state index < -0.39 is 10.0 Å². The second-order valence-electron chi connectivity index (χ2n) is 4.40. The van der Waals surface area contributed by atoms with Crippen molar-refractivity contribution in [3.8, 4) is 6.07 Å². The Hall–Kier alpha value is -1.13. The topological polar surface area (TPSA) is 87.2 Å². The molecule has 102 valence electrons. The van der Waals surface area contributed by atoms with Gasteiger partial charge in [-0.05, 0) is 31.0 Å². The molecule has 0 aromatic heterocycles. The Kier molecular flexibility index (Phi) is 4.11. The fraction of sp³-hybridized carbons (Fsp3) is 0.417. The lowest BCUT2D eigenvalue weighted by Crippen LogP contribution is -2.39. The summed E-state index contributed by atoms with van der Waals surface area (Å²) >= 11 is 5.97. The number of halogens is 1. The van der Waals surface area contributed by atoms with E-state index in [2.05, 4.69) is 0 Å². The van der Waals surface area contributed by atoms with E-state index in [1.807, 2.05) is 6.07 Å². The first-order valence-electron chi connectivity index (χ1n) is 5.92. The Morgan fingerprint density at radius 2 is 2.26 bits per heavy atom. The van der Waals surface area contributed by atoms with E-state index in [0.29, 0.717) is 18.7 Å². The molecule has 19 heavy (non-hydrogen) atoms. The summed E-state index contributed by atoms with van der Waals surface area (Å²) in [4.78, 5) is 0.0357. The third kappa shape index (κ3) is 2.60. The van der Waals surface area contributed by atoms with Gasteiger partial charge in [-0.1, -0.05) is 11.6 Å². The molecule has 2 N–H and O–H groups in total. The number of nitriles is 1. The minimum Gasteiger partial charge on any atom is -0.329 e. The van der Waals surface area contributed by atoms with Gasteiger partial charge in [0.25, 0.3) is 0 Å². The lowest BCUT2D eigenvalue weighted by molar-refractivity contribution is 0.393. The largest absolute Gasteiger partial charge is 0.329 e. The van der Waals surface area contributed by atoms with E-state index in [1.54, 1.807) is 0 Å². The van der Waals surface area contributed by atoms with Gasteiger partial charge in [0.2, 0.25) is 10.0 Å². The standard InChI is InChI=1S/C12H14ClN3O2S/c13-11-6-9(7-14)3-4-12(11)19(17,18)16-5-1-2-10(16)8-15/h3-4,6,10H,1-2,5,8,15H2. The second-order valence-corrected chi connectivity index (χ2v) is 6.67. The van der Waals surface area contributed by atoms with Gasteiger partial charge in [-0.15, -0.1) is 0 Å². The minimum atomic E-state index is -3.64. The van der Waals surface area contributed by atoms with Gasteiger partial charge in [0.15, 0.2) is 0 Å². The molecule has 1 atom stereocenters. The highest BCUT2D eigenvalue weighted by Crippen LogP contribution is 2.30. The molecule has 0 amide bonds. The Labute approximate surface area is 117 Å². The maximum Gasteiger partial charge on any atom is 0.244 e. The van der Waals surface area contributed by atoms with Gasteiger partial charge in [-0.3, -0.25) is 0 Å². The van der Waals surface area contributed by atoms with E-state index in [0.717, 1.165) is 12.8 Å². The summed E-state index contributed by atoms with van der Waals surface area (Å²) < 4.78 is 26.5. The average Bonchev–Trinajstić information content (AvgIpc) is 2.87.